The summed E-state index contributed by atoms with van der Waals surface area (Å²) in [5, 5.41) is 10.6. The maximum absolute atomic E-state index is 9.48. The Hall–Kier alpha value is -1.52. The lowest BCUT2D eigenvalue weighted by Gasteiger charge is -2.33. The van der Waals surface area contributed by atoms with Crippen LogP contribution >= 0.6 is 0 Å². The van der Waals surface area contributed by atoms with Gasteiger partial charge in [0.05, 0.1) is 18.7 Å². The minimum Gasteiger partial charge on any atom is -0.395 e. The minimum atomic E-state index is 0.229. The van der Waals surface area contributed by atoms with Gasteiger partial charge in [-0.05, 0) is 32.4 Å². The number of nitrogens with zero attached hydrogens (tertiary/aromatic N) is 3. The second-order valence-corrected chi connectivity index (χ2v) is 5.55. The van der Waals surface area contributed by atoms with Crippen molar-refractivity contribution >= 4 is 10.9 Å². The fourth-order valence-corrected chi connectivity index (χ4v) is 3.02. The first-order valence-corrected chi connectivity index (χ1v) is 7.35. The molecule has 3 rings (SSSR count). The Morgan fingerprint density at radius 2 is 2.10 bits per heavy atom. The normalized spacial score (nSPS) is 20.4. The van der Waals surface area contributed by atoms with E-state index in [9.17, 15) is 5.11 Å². The number of fused-ring (bicyclic) bond motifs is 1. The van der Waals surface area contributed by atoms with Crippen LogP contribution < -0.4 is 0 Å². The molecule has 1 saturated heterocycles. The molecule has 20 heavy (non-hydrogen) atoms. The lowest BCUT2D eigenvalue weighted by molar-refractivity contribution is 0.0820. The highest BCUT2D eigenvalue weighted by atomic mass is 16.3. The first kappa shape index (κ1) is 13.5. The second kappa shape index (κ2) is 5.85. The highest BCUT2D eigenvalue weighted by molar-refractivity contribution is 5.80. The van der Waals surface area contributed by atoms with Crippen molar-refractivity contribution in [3.05, 3.63) is 35.8 Å². The van der Waals surface area contributed by atoms with Gasteiger partial charge < -0.3 is 5.11 Å². The lowest BCUT2D eigenvalue weighted by atomic mass is 10.0. The van der Waals surface area contributed by atoms with Gasteiger partial charge >= 0.3 is 0 Å². The molecule has 1 aromatic heterocycles. The van der Waals surface area contributed by atoms with Gasteiger partial charge in [-0.1, -0.05) is 24.6 Å². The number of hydrogen-bond donors (Lipinski definition) is 1. The lowest BCUT2D eigenvalue weighted by Crippen LogP contribution is -2.41. The van der Waals surface area contributed by atoms with E-state index in [1.807, 2.05) is 25.1 Å². The molecular weight excluding hydrogens is 250 g/mol. The molecule has 106 valence electrons. The summed E-state index contributed by atoms with van der Waals surface area (Å²) in [7, 11) is 0. The molecule has 1 N–H and O–H groups in total. The van der Waals surface area contributed by atoms with Crippen LogP contribution in [0.2, 0.25) is 0 Å². The molecule has 0 radical (unpaired) electrons. The zero-order valence-electron chi connectivity index (χ0n) is 11.9. The van der Waals surface area contributed by atoms with E-state index >= 15 is 0 Å². The van der Waals surface area contributed by atoms with Crippen LogP contribution in [0.3, 0.4) is 0 Å². The van der Waals surface area contributed by atoms with Crippen molar-refractivity contribution in [2.45, 2.75) is 38.8 Å². The van der Waals surface area contributed by atoms with E-state index in [2.05, 4.69) is 20.9 Å². The third kappa shape index (κ3) is 2.67. The van der Waals surface area contributed by atoms with Crippen LogP contribution in [-0.2, 0) is 6.54 Å². The number of benzene rings is 1. The molecule has 0 unspecified atom stereocenters. The molecular formula is C16H21N3O. The number of aliphatic hydroxyl groups is 1. The zero-order chi connectivity index (χ0) is 13.9. The van der Waals surface area contributed by atoms with Crippen LogP contribution in [0.15, 0.2) is 24.3 Å². The fraction of sp³-hybridized carbons (Fsp3) is 0.500. The highest BCUT2D eigenvalue weighted by Crippen LogP contribution is 2.20. The number of piperidine rings is 1. The number of para-hydroxylation sites is 1. The van der Waals surface area contributed by atoms with E-state index in [1.165, 1.54) is 12.8 Å². The third-order valence-corrected chi connectivity index (χ3v) is 4.14. The summed E-state index contributed by atoms with van der Waals surface area (Å²) in [6, 6.07) is 8.39. The molecule has 4 heteroatoms. The van der Waals surface area contributed by atoms with Crippen molar-refractivity contribution in [1.82, 2.24) is 14.9 Å². The van der Waals surface area contributed by atoms with E-state index in [4.69, 9.17) is 0 Å². The molecule has 0 amide bonds. The summed E-state index contributed by atoms with van der Waals surface area (Å²) in [4.78, 5) is 11.6. The summed E-state index contributed by atoms with van der Waals surface area (Å²) in [5.74, 6) is 0.863. The van der Waals surface area contributed by atoms with Gasteiger partial charge in [0, 0.05) is 17.1 Å². The van der Waals surface area contributed by atoms with Gasteiger partial charge in [0.1, 0.15) is 5.82 Å². The summed E-state index contributed by atoms with van der Waals surface area (Å²) in [6.07, 6.45) is 3.48. The average Bonchev–Trinajstić information content (AvgIpc) is 2.48. The number of aryl methyl sites for hydroxylation is 1. The Balaban J connectivity index is 1.86. The Labute approximate surface area is 119 Å². The van der Waals surface area contributed by atoms with Gasteiger partial charge in [-0.15, -0.1) is 0 Å². The topological polar surface area (TPSA) is 49.2 Å². The van der Waals surface area contributed by atoms with Gasteiger partial charge in [0.15, 0.2) is 0 Å². The van der Waals surface area contributed by atoms with Crippen LogP contribution in [0.5, 0.6) is 0 Å². The van der Waals surface area contributed by atoms with Crippen molar-refractivity contribution in [3.8, 4) is 0 Å². The molecule has 0 bridgehead atoms. The van der Waals surface area contributed by atoms with Crippen LogP contribution in [0.25, 0.3) is 10.9 Å². The molecule has 2 aromatic rings. The predicted octanol–water partition coefficient (Wildman–Crippen LogP) is 2.29. The van der Waals surface area contributed by atoms with Crippen molar-refractivity contribution in [2.24, 2.45) is 0 Å². The first-order valence-electron chi connectivity index (χ1n) is 7.35. The third-order valence-electron chi connectivity index (χ3n) is 4.14. The molecule has 1 atom stereocenters. The molecule has 4 nitrogen and oxygen atoms in total. The fourth-order valence-electron chi connectivity index (χ4n) is 3.02. The number of hydrogen-bond acceptors (Lipinski definition) is 4. The Kier molecular flexibility index (Phi) is 3.94. The summed E-state index contributed by atoms with van der Waals surface area (Å²) in [5.41, 5.74) is 2.04. The van der Waals surface area contributed by atoms with Crippen molar-refractivity contribution in [3.63, 3.8) is 0 Å². The number of rotatable bonds is 3. The van der Waals surface area contributed by atoms with Crippen LogP contribution in [0, 0.1) is 6.92 Å². The van der Waals surface area contributed by atoms with E-state index in [-0.39, 0.29) is 12.6 Å². The second-order valence-electron chi connectivity index (χ2n) is 5.55. The summed E-state index contributed by atoms with van der Waals surface area (Å²) in [6.45, 7) is 4.02. The molecule has 1 fully saturated rings. The Bertz CT molecular complexity index is 599. The van der Waals surface area contributed by atoms with E-state index in [0.717, 1.165) is 41.9 Å². The molecule has 1 aliphatic heterocycles. The highest BCUT2D eigenvalue weighted by Gasteiger charge is 2.22. The van der Waals surface area contributed by atoms with Gasteiger partial charge in [-0.25, -0.2) is 9.97 Å². The van der Waals surface area contributed by atoms with Gasteiger partial charge in [0.25, 0.3) is 0 Å². The largest absolute Gasteiger partial charge is 0.395 e. The molecule has 2 heterocycles. The SMILES string of the molecule is Cc1nc(CN2CCCC[C@@H]2CO)nc2ccccc12. The minimum absolute atomic E-state index is 0.229. The summed E-state index contributed by atoms with van der Waals surface area (Å²) >= 11 is 0. The van der Waals surface area contributed by atoms with Gasteiger partial charge in [-0.2, -0.15) is 0 Å². The van der Waals surface area contributed by atoms with Gasteiger partial charge in [0.2, 0.25) is 0 Å². The molecule has 1 aliphatic rings. The molecule has 1 aromatic carbocycles. The maximum Gasteiger partial charge on any atom is 0.143 e. The van der Waals surface area contributed by atoms with Gasteiger partial charge in [-0.3, -0.25) is 4.90 Å². The molecule has 0 saturated carbocycles. The Morgan fingerprint density at radius 3 is 2.95 bits per heavy atom. The van der Waals surface area contributed by atoms with Crippen LogP contribution in [-0.4, -0.2) is 39.2 Å². The monoisotopic (exact) mass is 271 g/mol. The average molecular weight is 271 g/mol. The predicted molar refractivity (Wildman–Crippen MR) is 79.4 cm³/mol. The van der Waals surface area contributed by atoms with Crippen molar-refractivity contribution in [2.75, 3.05) is 13.2 Å². The first-order chi connectivity index (χ1) is 9.78. The number of aliphatic hydroxyl groups excluding tert-OH is 1. The number of likely N-dealkylation sites (tertiary alicyclic amines) is 1. The maximum atomic E-state index is 9.48. The quantitative estimate of drug-likeness (QED) is 0.930. The standard InChI is InChI=1S/C16H21N3O/c1-12-14-7-2-3-8-15(14)18-16(17-12)10-19-9-5-4-6-13(19)11-20/h2-3,7-8,13,20H,4-6,9-11H2,1H3/t13-/m1/s1. The Morgan fingerprint density at radius 1 is 1.25 bits per heavy atom. The van der Waals surface area contributed by atoms with E-state index < -0.39 is 0 Å². The zero-order valence-corrected chi connectivity index (χ0v) is 11.9. The molecule has 0 spiro atoms. The summed E-state index contributed by atoms with van der Waals surface area (Å²) < 4.78 is 0. The van der Waals surface area contributed by atoms with Crippen LogP contribution in [0.1, 0.15) is 30.8 Å². The van der Waals surface area contributed by atoms with Crippen LogP contribution in [0.4, 0.5) is 0 Å². The van der Waals surface area contributed by atoms with Crippen molar-refractivity contribution in [1.29, 1.82) is 0 Å². The van der Waals surface area contributed by atoms with E-state index in [0.29, 0.717) is 0 Å². The molecule has 0 aliphatic carbocycles. The van der Waals surface area contributed by atoms with E-state index in [1.54, 1.807) is 0 Å². The smallest absolute Gasteiger partial charge is 0.143 e. The van der Waals surface area contributed by atoms with Crippen molar-refractivity contribution < 1.29 is 5.11 Å². The number of aromatic nitrogens is 2.